The van der Waals surface area contributed by atoms with Gasteiger partial charge in [0.25, 0.3) is 0 Å². The van der Waals surface area contributed by atoms with Gasteiger partial charge in [-0.2, -0.15) is 0 Å². The van der Waals surface area contributed by atoms with E-state index in [9.17, 15) is 19.5 Å². The van der Waals surface area contributed by atoms with Gasteiger partial charge in [0.05, 0.1) is 12.6 Å². The highest BCUT2D eigenvalue weighted by Gasteiger charge is 2.48. The summed E-state index contributed by atoms with van der Waals surface area (Å²) < 4.78 is 5.14. The van der Waals surface area contributed by atoms with Gasteiger partial charge in [-0.3, -0.25) is 14.9 Å². The zero-order chi connectivity index (χ0) is 20.1. The first-order valence-electron chi connectivity index (χ1n) is 10.2. The third kappa shape index (κ3) is 5.21. The molecule has 0 unspecified atom stereocenters. The number of esters is 1. The fraction of sp³-hybridized carbons (Fsp3) is 0.850. The van der Waals surface area contributed by atoms with Crippen molar-refractivity contribution in [3.05, 3.63) is 0 Å². The molecule has 1 amide bonds. The van der Waals surface area contributed by atoms with Gasteiger partial charge in [0.1, 0.15) is 12.1 Å². The van der Waals surface area contributed by atoms with Gasteiger partial charge in [0.15, 0.2) is 0 Å². The Hall–Kier alpha value is -1.63. The van der Waals surface area contributed by atoms with Gasteiger partial charge in [-0.1, -0.05) is 26.7 Å². The van der Waals surface area contributed by atoms with Gasteiger partial charge in [-0.15, -0.1) is 0 Å². The monoisotopic (exact) mass is 382 g/mol. The molecule has 7 heteroatoms. The zero-order valence-electron chi connectivity index (χ0n) is 16.9. The molecule has 0 aromatic rings. The Balaban J connectivity index is 2.12. The van der Waals surface area contributed by atoms with Gasteiger partial charge in [-0.05, 0) is 51.4 Å². The van der Waals surface area contributed by atoms with Crippen molar-refractivity contribution in [1.82, 2.24) is 10.2 Å². The summed E-state index contributed by atoms with van der Waals surface area (Å²) in [6.45, 7) is 7.77. The van der Waals surface area contributed by atoms with Crippen LogP contribution in [0.4, 0.5) is 0 Å². The minimum atomic E-state index is -0.936. The molecule has 154 valence electrons. The molecule has 0 aromatic heterocycles. The fourth-order valence-electron chi connectivity index (χ4n) is 4.54. The lowest BCUT2D eigenvalue weighted by atomic mass is 9.84. The maximum absolute atomic E-state index is 13.2. The number of nitrogens with zero attached hydrogens (tertiary/aromatic N) is 1. The second kappa shape index (κ2) is 9.53. The molecule has 0 spiro atoms. The number of ether oxygens (including phenoxy) is 1. The van der Waals surface area contributed by atoms with Crippen molar-refractivity contribution in [3.63, 3.8) is 0 Å². The van der Waals surface area contributed by atoms with Gasteiger partial charge in [0.2, 0.25) is 5.91 Å². The smallest absolute Gasteiger partial charge is 0.326 e. The van der Waals surface area contributed by atoms with Crippen molar-refractivity contribution < 1.29 is 24.2 Å². The fourth-order valence-corrected chi connectivity index (χ4v) is 4.54. The number of carbonyl (C=O) groups is 3. The molecule has 2 fully saturated rings. The average Bonchev–Trinajstić information content (AvgIpc) is 3.00. The maximum Gasteiger partial charge on any atom is 0.326 e. The lowest BCUT2D eigenvalue weighted by molar-refractivity contribution is -0.152. The lowest BCUT2D eigenvalue weighted by Crippen LogP contribution is -2.55. The molecule has 1 saturated heterocycles. The predicted octanol–water partition coefficient (Wildman–Crippen LogP) is 2.19. The summed E-state index contributed by atoms with van der Waals surface area (Å²) in [6.07, 6.45) is 5.07. The summed E-state index contributed by atoms with van der Waals surface area (Å²) in [5, 5.41) is 12.7. The number of hydrogen-bond donors (Lipinski definition) is 2. The highest BCUT2D eigenvalue weighted by Crippen LogP contribution is 2.40. The van der Waals surface area contributed by atoms with Crippen molar-refractivity contribution in [2.24, 2.45) is 11.8 Å². The van der Waals surface area contributed by atoms with Crippen LogP contribution in [-0.4, -0.2) is 58.6 Å². The Morgan fingerprint density at radius 1 is 1.19 bits per heavy atom. The molecule has 2 rings (SSSR count). The van der Waals surface area contributed by atoms with Crippen LogP contribution < -0.4 is 5.32 Å². The third-order valence-electron chi connectivity index (χ3n) is 5.73. The van der Waals surface area contributed by atoms with Crippen molar-refractivity contribution in [2.75, 3.05) is 6.61 Å². The number of hydrogen-bond acceptors (Lipinski definition) is 5. The number of carboxylic acids is 1. The van der Waals surface area contributed by atoms with Crippen molar-refractivity contribution in [3.8, 4) is 0 Å². The van der Waals surface area contributed by atoms with Crippen LogP contribution in [0.2, 0.25) is 0 Å². The van der Waals surface area contributed by atoms with Crippen LogP contribution in [0.3, 0.4) is 0 Å². The third-order valence-corrected chi connectivity index (χ3v) is 5.73. The van der Waals surface area contributed by atoms with E-state index in [1.165, 1.54) is 0 Å². The van der Waals surface area contributed by atoms with Crippen LogP contribution in [-0.2, 0) is 19.1 Å². The topological polar surface area (TPSA) is 95.9 Å². The Morgan fingerprint density at radius 3 is 2.44 bits per heavy atom. The number of carbonyl (C=O) groups excluding carboxylic acids is 2. The van der Waals surface area contributed by atoms with E-state index in [0.29, 0.717) is 12.8 Å². The van der Waals surface area contributed by atoms with Crippen LogP contribution >= 0.6 is 0 Å². The first-order valence-corrected chi connectivity index (χ1v) is 10.2. The number of carboxylic acid groups (broad SMARTS) is 1. The average molecular weight is 383 g/mol. The van der Waals surface area contributed by atoms with E-state index in [-0.39, 0.29) is 36.4 Å². The van der Waals surface area contributed by atoms with Crippen molar-refractivity contribution in [1.29, 1.82) is 0 Å². The van der Waals surface area contributed by atoms with Crippen molar-refractivity contribution >= 4 is 17.8 Å². The largest absolute Gasteiger partial charge is 0.480 e. The van der Waals surface area contributed by atoms with Gasteiger partial charge >= 0.3 is 11.9 Å². The Morgan fingerprint density at radius 2 is 1.85 bits per heavy atom. The molecule has 0 radical (unpaired) electrons. The summed E-state index contributed by atoms with van der Waals surface area (Å²) in [6, 6.07) is -1.97. The van der Waals surface area contributed by atoms with Crippen molar-refractivity contribution in [2.45, 2.75) is 90.4 Å². The lowest BCUT2D eigenvalue weighted by Gasteiger charge is -2.35. The standard InChI is InChI=1S/C20H34N2O5/c1-5-27-20(26)15(10-12(2)3)21-13(4)18(23)22-16-9-7-6-8-14(16)11-17(22)19(24)25/h12-17,21H,5-11H2,1-4H3,(H,24,25)/t13-,14+,15-,16-,17-/m0/s1. The molecular weight excluding hydrogens is 348 g/mol. The molecule has 1 heterocycles. The molecule has 2 aliphatic rings. The molecule has 5 atom stereocenters. The van der Waals surface area contributed by atoms with Crippen LogP contribution in [0, 0.1) is 11.8 Å². The van der Waals surface area contributed by atoms with E-state index in [4.69, 9.17) is 4.74 Å². The number of likely N-dealkylation sites (tertiary alicyclic amines) is 1. The molecule has 0 aromatic carbocycles. The number of nitrogens with one attached hydrogen (secondary N) is 1. The normalized spacial score (nSPS) is 27.1. The first kappa shape index (κ1) is 21.7. The van der Waals surface area contributed by atoms with E-state index < -0.39 is 24.1 Å². The van der Waals surface area contributed by atoms with Gasteiger partial charge < -0.3 is 14.7 Å². The summed E-state index contributed by atoms with van der Waals surface area (Å²) in [5.74, 6) is -0.996. The summed E-state index contributed by atoms with van der Waals surface area (Å²) in [7, 11) is 0. The number of amides is 1. The van der Waals surface area contributed by atoms with Crippen LogP contribution in [0.25, 0.3) is 0 Å². The van der Waals surface area contributed by atoms with Gasteiger partial charge in [0, 0.05) is 6.04 Å². The second-order valence-corrected chi connectivity index (χ2v) is 8.27. The van der Waals surface area contributed by atoms with Gasteiger partial charge in [-0.25, -0.2) is 4.79 Å². The molecule has 7 nitrogen and oxygen atoms in total. The number of fused-ring (bicyclic) bond motifs is 1. The molecular formula is C20H34N2O5. The minimum absolute atomic E-state index is 0.00254. The first-order chi connectivity index (χ1) is 12.8. The van der Waals surface area contributed by atoms with E-state index in [1.807, 2.05) is 13.8 Å². The quantitative estimate of drug-likeness (QED) is 0.625. The van der Waals surface area contributed by atoms with E-state index in [1.54, 1.807) is 18.7 Å². The maximum atomic E-state index is 13.2. The summed E-state index contributed by atoms with van der Waals surface area (Å²) >= 11 is 0. The summed E-state index contributed by atoms with van der Waals surface area (Å²) in [4.78, 5) is 38.8. The predicted molar refractivity (Wildman–Crippen MR) is 101 cm³/mol. The zero-order valence-corrected chi connectivity index (χ0v) is 16.9. The minimum Gasteiger partial charge on any atom is -0.480 e. The van der Waals surface area contributed by atoms with E-state index in [2.05, 4.69) is 5.32 Å². The Labute approximate surface area is 161 Å². The number of rotatable bonds is 8. The molecule has 1 aliphatic heterocycles. The second-order valence-electron chi connectivity index (χ2n) is 8.27. The van der Waals surface area contributed by atoms with Crippen LogP contribution in [0.15, 0.2) is 0 Å². The molecule has 0 bridgehead atoms. The number of aliphatic carboxylic acids is 1. The molecule has 27 heavy (non-hydrogen) atoms. The van der Waals surface area contributed by atoms with E-state index in [0.717, 1.165) is 25.7 Å². The molecule has 1 aliphatic carbocycles. The molecule has 2 N–H and O–H groups in total. The summed E-state index contributed by atoms with van der Waals surface area (Å²) in [5.41, 5.74) is 0. The Bertz CT molecular complexity index is 550. The highest BCUT2D eigenvalue weighted by molar-refractivity contribution is 5.88. The SMILES string of the molecule is CCOC(=O)[C@H](CC(C)C)N[C@@H](C)C(=O)N1[C@H](C(=O)O)C[C@H]2CCCC[C@@H]21. The van der Waals surface area contributed by atoms with Crippen LogP contribution in [0.5, 0.6) is 0 Å². The Kier molecular flexibility index (Phi) is 7.65. The van der Waals surface area contributed by atoms with E-state index >= 15 is 0 Å². The highest BCUT2D eigenvalue weighted by atomic mass is 16.5. The molecule has 1 saturated carbocycles. The van der Waals surface area contributed by atoms with Crippen LogP contribution in [0.1, 0.15) is 66.2 Å².